The summed E-state index contributed by atoms with van der Waals surface area (Å²) >= 11 is 1.26. The molecule has 0 radical (unpaired) electrons. The Morgan fingerprint density at radius 1 is 1.47 bits per heavy atom. The van der Waals surface area contributed by atoms with E-state index in [1.165, 1.54) is 17.7 Å². The van der Waals surface area contributed by atoms with Gasteiger partial charge in [-0.25, -0.2) is 0 Å². The van der Waals surface area contributed by atoms with Gasteiger partial charge in [0.1, 0.15) is 0 Å². The molecule has 0 saturated heterocycles. The lowest BCUT2D eigenvalue weighted by Gasteiger charge is -2.10. The van der Waals surface area contributed by atoms with Crippen molar-refractivity contribution in [2.45, 2.75) is 19.9 Å². The molecule has 0 aromatic carbocycles. The first-order valence-electron chi connectivity index (χ1n) is 5.04. The van der Waals surface area contributed by atoms with Crippen LogP contribution in [0.2, 0.25) is 0 Å². The molecule has 2 heterocycles. The summed E-state index contributed by atoms with van der Waals surface area (Å²) in [6, 6.07) is 1.52. The Labute approximate surface area is 102 Å². The third-order valence-electron chi connectivity index (χ3n) is 2.21. The zero-order chi connectivity index (χ0) is 12.3. The van der Waals surface area contributed by atoms with Crippen LogP contribution in [0.1, 0.15) is 34.7 Å². The molecule has 6 nitrogen and oxygen atoms in total. The Balaban J connectivity index is 2.07. The van der Waals surface area contributed by atoms with Crippen LogP contribution in [0, 0.1) is 6.92 Å². The molecule has 0 bridgehead atoms. The van der Waals surface area contributed by atoms with E-state index < -0.39 is 0 Å². The second-order valence-electron chi connectivity index (χ2n) is 3.61. The smallest absolute Gasteiger partial charge is 0.253 e. The van der Waals surface area contributed by atoms with Crippen LogP contribution >= 0.6 is 11.5 Å². The molecule has 2 aromatic rings. The molecule has 0 fully saturated rings. The zero-order valence-corrected chi connectivity index (χ0v) is 10.2. The van der Waals surface area contributed by atoms with Crippen molar-refractivity contribution in [1.82, 2.24) is 25.1 Å². The van der Waals surface area contributed by atoms with Crippen molar-refractivity contribution in [2.75, 3.05) is 0 Å². The lowest BCUT2D eigenvalue weighted by atomic mass is 10.2. The minimum Gasteiger partial charge on any atom is -0.344 e. The van der Waals surface area contributed by atoms with Crippen LogP contribution in [-0.2, 0) is 0 Å². The van der Waals surface area contributed by atoms with Crippen molar-refractivity contribution in [3.63, 3.8) is 0 Å². The predicted octanol–water partition coefficient (Wildman–Crippen LogP) is 1.13. The summed E-state index contributed by atoms with van der Waals surface area (Å²) in [4.78, 5) is 11.9. The molecular weight excluding hydrogens is 238 g/mol. The van der Waals surface area contributed by atoms with E-state index in [9.17, 15) is 4.79 Å². The first-order valence-corrected chi connectivity index (χ1v) is 5.87. The summed E-state index contributed by atoms with van der Waals surface area (Å²) in [6.45, 7) is 3.65. The number of nitrogens with zero attached hydrogens (tertiary/aromatic N) is 4. The number of carbonyl (C=O) groups is 1. The molecule has 0 saturated carbocycles. The van der Waals surface area contributed by atoms with Crippen LogP contribution in [0.25, 0.3) is 0 Å². The van der Waals surface area contributed by atoms with E-state index in [1.807, 2.05) is 6.92 Å². The third kappa shape index (κ3) is 2.82. The molecular formula is C10H11N5OS. The van der Waals surface area contributed by atoms with Gasteiger partial charge in [-0.05, 0) is 31.4 Å². The predicted molar refractivity (Wildman–Crippen MR) is 62.6 cm³/mol. The highest BCUT2D eigenvalue weighted by Crippen LogP contribution is 2.11. The van der Waals surface area contributed by atoms with E-state index in [-0.39, 0.29) is 11.9 Å². The van der Waals surface area contributed by atoms with Gasteiger partial charge in [-0.1, -0.05) is 4.49 Å². The molecule has 0 aliphatic rings. The number of hydrogen-bond acceptors (Lipinski definition) is 6. The standard InChI is InChI=1S/C10H11N5OS/c1-6-3-8(4-11-13-6)10(16)12-7(2)9-5-17-15-14-9/h3-5,7H,1-2H3,(H,12,16). The van der Waals surface area contributed by atoms with E-state index in [0.717, 1.165) is 5.69 Å². The fourth-order valence-electron chi connectivity index (χ4n) is 1.31. The molecule has 1 N–H and O–H groups in total. The minimum atomic E-state index is -0.191. The van der Waals surface area contributed by atoms with Crippen LogP contribution in [0.4, 0.5) is 0 Å². The molecule has 0 aliphatic carbocycles. The zero-order valence-electron chi connectivity index (χ0n) is 9.41. The minimum absolute atomic E-state index is 0.172. The van der Waals surface area contributed by atoms with E-state index in [1.54, 1.807) is 18.4 Å². The molecule has 88 valence electrons. The number of nitrogens with one attached hydrogen (secondary N) is 1. The van der Waals surface area contributed by atoms with Gasteiger partial charge in [-0.3, -0.25) is 4.79 Å². The maximum atomic E-state index is 11.9. The number of carbonyl (C=O) groups excluding carboxylic acids is 1. The Bertz CT molecular complexity index is 513. The molecule has 1 amide bonds. The van der Waals surface area contributed by atoms with Crippen molar-refractivity contribution in [3.05, 3.63) is 34.6 Å². The Morgan fingerprint density at radius 3 is 2.94 bits per heavy atom. The van der Waals surface area contributed by atoms with Gasteiger partial charge in [0.05, 0.1) is 29.2 Å². The summed E-state index contributed by atoms with van der Waals surface area (Å²) < 4.78 is 3.76. The van der Waals surface area contributed by atoms with Gasteiger partial charge in [-0.2, -0.15) is 10.2 Å². The molecule has 0 spiro atoms. The number of aromatic nitrogens is 4. The molecule has 17 heavy (non-hydrogen) atoms. The van der Waals surface area contributed by atoms with Crippen LogP contribution in [0.3, 0.4) is 0 Å². The molecule has 0 aliphatic heterocycles. The first-order chi connectivity index (χ1) is 8.16. The van der Waals surface area contributed by atoms with Gasteiger partial charge in [0.15, 0.2) is 0 Å². The number of rotatable bonds is 3. The van der Waals surface area contributed by atoms with Crippen LogP contribution in [-0.4, -0.2) is 25.7 Å². The van der Waals surface area contributed by atoms with Crippen molar-refractivity contribution >= 4 is 17.4 Å². The summed E-state index contributed by atoms with van der Waals surface area (Å²) in [7, 11) is 0. The highest BCUT2D eigenvalue weighted by atomic mass is 32.1. The number of amides is 1. The molecule has 7 heteroatoms. The lowest BCUT2D eigenvalue weighted by Crippen LogP contribution is -2.27. The SMILES string of the molecule is Cc1cc(C(=O)NC(C)c2csnn2)cnn1. The summed E-state index contributed by atoms with van der Waals surface area (Å²) in [6.07, 6.45) is 1.44. The average molecular weight is 249 g/mol. The fraction of sp³-hybridized carbons (Fsp3) is 0.300. The number of hydrogen-bond donors (Lipinski definition) is 1. The largest absolute Gasteiger partial charge is 0.344 e. The van der Waals surface area contributed by atoms with Gasteiger partial charge >= 0.3 is 0 Å². The summed E-state index contributed by atoms with van der Waals surface area (Å²) in [5.41, 5.74) is 1.95. The Kier molecular flexibility index (Phi) is 3.38. The molecule has 1 atom stereocenters. The van der Waals surface area contributed by atoms with Crippen LogP contribution in [0.5, 0.6) is 0 Å². The van der Waals surface area contributed by atoms with Gasteiger partial charge in [-0.15, -0.1) is 5.10 Å². The van der Waals surface area contributed by atoms with Gasteiger partial charge in [0.2, 0.25) is 0 Å². The second-order valence-corrected chi connectivity index (χ2v) is 4.22. The van der Waals surface area contributed by atoms with E-state index >= 15 is 0 Å². The highest BCUT2D eigenvalue weighted by molar-refractivity contribution is 7.03. The Hall–Kier alpha value is -1.89. The van der Waals surface area contributed by atoms with E-state index in [4.69, 9.17) is 0 Å². The monoisotopic (exact) mass is 249 g/mol. The van der Waals surface area contributed by atoms with Crippen LogP contribution in [0.15, 0.2) is 17.6 Å². The molecule has 2 rings (SSSR count). The van der Waals surface area contributed by atoms with Crippen molar-refractivity contribution in [2.24, 2.45) is 0 Å². The number of aryl methyl sites for hydroxylation is 1. The first kappa shape index (κ1) is 11.6. The lowest BCUT2D eigenvalue weighted by molar-refractivity contribution is 0.0938. The van der Waals surface area contributed by atoms with Crippen molar-refractivity contribution in [3.8, 4) is 0 Å². The maximum absolute atomic E-state index is 11.9. The average Bonchev–Trinajstić information content (AvgIpc) is 2.82. The Morgan fingerprint density at radius 2 is 2.29 bits per heavy atom. The van der Waals surface area contributed by atoms with Crippen molar-refractivity contribution in [1.29, 1.82) is 0 Å². The van der Waals surface area contributed by atoms with Crippen molar-refractivity contribution < 1.29 is 4.79 Å². The topological polar surface area (TPSA) is 80.7 Å². The van der Waals surface area contributed by atoms with Crippen LogP contribution < -0.4 is 5.32 Å². The third-order valence-corrected chi connectivity index (χ3v) is 2.73. The van der Waals surface area contributed by atoms with E-state index in [2.05, 4.69) is 25.1 Å². The normalized spacial score (nSPS) is 12.1. The molecule has 1 unspecified atom stereocenters. The van der Waals surface area contributed by atoms with Gasteiger partial charge in [0, 0.05) is 5.38 Å². The van der Waals surface area contributed by atoms with E-state index in [0.29, 0.717) is 11.3 Å². The fourth-order valence-corrected chi connectivity index (χ4v) is 1.86. The maximum Gasteiger partial charge on any atom is 0.253 e. The summed E-state index contributed by atoms with van der Waals surface area (Å²) in [5.74, 6) is -0.191. The van der Waals surface area contributed by atoms with Gasteiger partial charge < -0.3 is 5.32 Å². The van der Waals surface area contributed by atoms with Gasteiger partial charge in [0.25, 0.3) is 5.91 Å². The highest BCUT2D eigenvalue weighted by Gasteiger charge is 2.13. The molecule has 2 aromatic heterocycles. The summed E-state index contributed by atoms with van der Waals surface area (Å²) in [5, 5.41) is 16.1. The quantitative estimate of drug-likeness (QED) is 0.881. The second kappa shape index (κ2) is 4.96.